The predicted molar refractivity (Wildman–Crippen MR) is 124 cm³/mol. The van der Waals surface area contributed by atoms with Crippen LogP contribution in [0.5, 0.6) is 5.75 Å². The first-order valence-corrected chi connectivity index (χ1v) is 12.1. The minimum Gasteiger partial charge on any atom is -0.497 e. The molecule has 0 radical (unpaired) electrons. The normalized spacial score (nSPS) is 20.1. The summed E-state index contributed by atoms with van der Waals surface area (Å²) in [6, 6.07) is 11.5. The van der Waals surface area contributed by atoms with Crippen molar-refractivity contribution in [2.24, 2.45) is 0 Å². The summed E-state index contributed by atoms with van der Waals surface area (Å²) < 4.78 is 11.2. The number of hydrogen-bond acceptors (Lipinski definition) is 6. The van der Waals surface area contributed by atoms with Crippen LogP contribution in [0.1, 0.15) is 21.7 Å². The fraction of sp³-hybridized carbons (Fsp3) is 0.500. The Balaban J connectivity index is 1.25. The molecule has 172 valence electrons. The monoisotopic (exact) mass is 457 g/mol. The average molecular weight is 458 g/mol. The number of rotatable bonds is 6. The van der Waals surface area contributed by atoms with Gasteiger partial charge in [-0.05, 0) is 42.1 Å². The zero-order valence-electron chi connectivity index (χ0n) is 18.6. The average Bonchev–Trinajstić information content (AvgIpc) is 3.26. The molecular formula is C24H31N3O4S. The van der Waals surface area contributed by atoms with Crippen LogP contribution in [0, 0.1) is 0 Å². The molecule has 1 unspecified atom stereocenters. The van der Waals surface area contributed by atoms with E-state index in [-0.39, 0.29) is 17.9 Å². The smallest absolute Gasteiger partial charge is 0.264 e. The molecule has 2 fully saturated rings. The van der Waals surface area contributed by atoms with Gasteiger partial charge in [-0.25, -0.2) is 0 Å². The van der Waals surface area contributed by atoms with Gasteiger partial charge in [0, 0.05) is 39.3 Å². The third-order valence-electron chi connectivity index (χ3n) is 6.08. The lowest BCUT2D eigenvalue weighted by atomic mass is 10.1. The largest absolute Gasteiger partial charge is 0.497 e. The van der Waals surface area contributed by atoms with Gasteiger partial charge in [-0.3, -0.25) is 14.5 Å². The molecule has 2 aromatic rings. The van der Waals surface area contributed by atoms with Crippen molar-refractivity contribution < 1.29 is 19.1 Å². The molecule has 3 heterocycles. The van der Waals surface area contributed by atoms with Crippen LogP contribution in [-0.4, -0.2) is 92.1 Å². The molecule has 2 aliphatic heterocycles. The standard InChI is InChI=1S/C24H31N3O4S/c1-30-20-7-5-19(6-8-20)16-23(28)26-10-3-9-25(11-12-26)17-21-18-27(13-14-31-21)24(29)22-4-2-15-32-22/h2,4-8,15,21H,3,9-14,16-18H2,1H3. The summed E-state index contributed by atoms with van der Waals surface area (Å²) >= 11 is 1.48. The highest BCUT2D eigenvalue weighted by Gasteiger charge is 2.28. The van der Waals surface area contributed by atoms with Gasteiger partial charge >= 0.3 is 0 Å². The Labute approximate surface area is 193 Å². The van der Waals surface area contributed by atoms with Gasteiger partial charge in [0.2, 0.25) is 5.91 Å². The second-order valence-corrected chi connectivity index (χ2v) is 9.23. The molecule has 4 rings (SSSR count). The number of carbonyl (C=O) groups excluding carboxylic acids is 2. The van der Waals surface area contributed by atoms with Crippen molar-refractivity contribution in [3.63, 3.8) is 0 Å². The van der Waals surface area contributed by atoms with Gasteiger partial charge in [-0.1, -0.05) is 18.2 Å². The summed E-state index contributed by atoms with van der Waals surface area (Å²) in [5.41, 5.74) is 1.00. The Hall–Kier alpha value is -2.42. The minimum atomic E-state index is 0.00853. The number of carbonyl (C=O) groups is 2. The van der Waals surface area contributed by atoms with Crippen LogP contribution in [-0.2, 0) is 16.0 Å². The Morgan fingerprint density at radius 3 is 2.66 bits per heavy atom. The molecule has 1 aromatic carbocycles. The van der Waals surface area contributed by atoms with Gasteiger partial charge in [0.1, 0.15) is 5.75 Å². The van der Waals surface area contributed by atoms with Gasteiger partial charge in [-0.2, -0.15) is 0 Å². The summed E-state index contributed by atoms with van der Waals surface area (Å²) in [5.74, 6) is 1.06. The first kappa shape index (κ1) is 22.8. The van der Waals surface area contributed by atoms with Gasteiger partial charge in [-0.15, -0.1) is 11.3 Å². The van der Waals surface area contributed by atoms with Crippen molar-refractivity contribution in [2.45, 2.75) is 18.9 Å². The molecule has 7 nitrogen and oxygen atoms in total. The van der Waals surface area contributed by atoms with Gasteiger partial charge < -0.3 is 19.3 Å². The Bertz CT molecular complexity index is 887. The molecule has 2 amide bonds. The van der Waals surface area contributed by atoms with Crippen LogP contribution in [0.15, 0.2) is 41.8 Å². The molecule has 1 aromatic heterocycles. The second kappa shape index (κ2) is 10.9. The van der Waals surface area contributed by atoms with Crippen LogP contribution < -0.4 is 4.74 Å². The van der Waals surface area contributed by atoms with E-state index in [1.54, 1.807) is 7.11 Å². The van der Waals surface area contributed by atoms with Crippen LogP contribution >= 0.6 is 11.3 Å². The maximum absolute atomic E-state index is 12.8. The number of nitrogens with zero attached hydrogens (tertiary/aromatic N) is 3. The minimum absolute atomic E-state index is 0.00853. The molecular weight excluding hydrogens is 426 g/mol. The number of ether oxygens (including phenoxy) is 2. The number of benzene rings is 1. The summed E-state index contributed by atoms with van der Waals surface area (Å²) in [6.45, 7) is 5.88. The summed E-state index contributed by atoms with van der Waals surface area (Å²) in [6.07, 6.45) is 1.36. The Morgan fingerprint density at radius 1 is 1.06 bits per heavy atom. The highest BCUT2D eigenvalue weighted by atomic mass is 32.1. The summed E-state index contributed by atoms with van der Waals surface area (Å²) in [7, 11) is 1.64. The van der Waals surface area contributed by atoms with E-state index in [0.717, 1.165) is 55.3 Å². The lowest BCUT2D eigenvalue weighted by Crippen LogP contribution is -2.50. The van der Waals surface area contributed by atoms with E-state index < -0.39 is 0 Å². The van der Waals surface area contributed by atoms with Gasteiger partial charge in [0.15, 0.2) is 0 Å². The van der Waals surface area contributed by atoms with Crippen LogP contribution in [0.3, 0.4) is 0 Å². The van der Waals surface area contributed by atoms with E-state index in [1.165, 1.54) is 11.3 Å². The number of amides is 2. The number of morpholine rings is 1. The van der Waals surface area contributed by atoms with Crippen molar-refractivity contribution in [1.29, 1.82) is 0 Å². The van der Waals surface area contributed by atoms with Crippen molar-refractivity contribution in [3.05, 3.63) is 52.2 Å². The third kappa shape index (κ3) is 5.88. The highest BCUT2D eigenvalue weighted by molar-refractivity contribution is 7.12. The molecule has 1 atom stereocenters. The molecule has 8 heteroatoms. The van der Waals surface area contributed by atoms with Crippen LogP contribution in [0.25, 0.3) is 0 Å². The Kier molecular flexibility index (Phi) is 7.78. The fourth-order valence-electron chi connectivity index (χ4n) is 4.29. The zero-order chi connectivity index (χ0) is 22.3. The Morgan fingerprint density at radius 2 is 1.91 bits per heavy atom. The second-order valence-electron chi connectivity index (χ2n) is 8.28. The van der Waals surface area contributed by atoms with E-state index in [9.17, 15) is 9.59 Å². The number of methoxy groups -OCH3 is 1. The molecule has 0 N–H and O–H groups in total. The van der Waals surface area contributed by atoms with E-state index in [2.05, 4.69) is 4.90 Å². The predicted octanol–water partition coefficient (Wildman–Crippen LogP) is 2.37. The molecule has 0 aliphatic carbocycles. The van der Waals surface area contributed by atoms with Crippen molar-refractivity contribution in [3.8, 4) is 5.75 Å². The van der Waals surface area contributed by atoms with E-state index >= 15 is 0 Å². The molecule has 0 spiro atoms. The van der Waals surface area contributed by atoms with E-state index in [4.69, 9.17) is 9.47 Å². The third-order valence-corrected chi connectivity index (χ3v) is 6.93. The molecule has 0 saturated carbocycles. The number of hydrogen-bond donors (Lipinski definition) is 0. The summed E-state index contributed by atoms with van der Waals surface area (Å²) in [5, 5.41) is 1.93. The molecule has 2 aliphatic rings. The van der Waals surface area contributed by atoms with Gasteiger partial charge in [0.05, 0.1) is 31.1 Å². The van der Waals surface area contributed by atoms with E-state index in [1.807, 2.05) is 51.6 Å². The first-order chi connectivity index (χ1) is 15.6. The van der Waals surface area contributed by atoms with Crippen molar-refractivity contribution in [1.82, 2.24) is 14.7 Å². The maximum atomic E-state index is 12.8. The highest BCUT2D eigenvalue weighted by Crippen LogP contribution is 2.17. The maximum Gasteiger partial charge on any atom is 0.264 e. The fourth-order valence-corrected chi connectivity index (χ4v) is 4.98. The van der Waals surface area contributed by atoms with E-state index in [0.29, 0.717) is 26.1 Å². The van der Waals surface area contributed by atoms with Crippen LogP contribution in [0.4, 0.5) is 0 Å². The SMILES string of the molecule is COc1ccc(CC(=O)N2CCCN(CC3CN(C(=O)c4cccs4)CCO3)CC2)cc1. The van der Waals surface area contributed by atoms with Crippen LogP contribution in [0.2, 0.25) is 0 Å². The topological polar surface area (TPSA) is 62.3 Å². The molecule has 32 heavy (non-hydrogen) atoms. The number of thiophene rings is 1. The zero-order valence-corrected chi connectivity index (χ0v) is 19.4. The van der Waals surface area contributed by atoms with Crippen molar-refractivity contribution in [2.75, 3.05) is 59.5 Å². The lowest BCUT2D eigenvalue weighted by Gasteiger charge is -2.35. The molecule has 2 saturated heterocycles. The quantitative estimate of drug-likeness (QED) is 0.667. The molecule has 0 bridgehead atoms. The summed E-state index contributed by atoms with van der Waals surface area (Å²) in [4.78, 5) is 32.5. The first-order valence-electron chi connectivity index (χ1n) is 11.2. The van der Waals surface area contributed by atoms with Crippen molar-refractivity contribution >= 4 is 23.2 Å². The lowest BCUT2D eigenvalue weighted by molar-refractivity contribution is -0.130. The van der Waals surface area contributed by atoms with Gasteiger partial charge in [0.25, 0.3) is 5.91 Å².